The van der Waals surface area contributed by atoms with Crippen LogP contribution >= 0.6 is 0 Å². The van der Waals surface area contributed by atoms with Gasteiger partial charge in [-0.2, -0.15) is 0 Å². The summed E-state index contributed by atoms with van der Waals surface area (Å²) in [7, 11) is 0. The molecule has 0 aromatic carbocycles. The molecule has 0 rings (SSSR count). The van der Waals surface area contributed by atoms with E-state index >= 15 is 0 Å². The molecule has 0 atom stereocenters. The van der Waals surface area contributed by atoms with Gasteiger partial charge in [0.25, 0.3) is 0 Å². The topological polar surface area (TPSA) is 0 Å². The minimum absolute atomic E-state index is 0.854. The Hall–Kier alpha value is -1.30. The largest absolute Gasteiger partial charge is 0.0845 e. The lowest BCUT2D eigenvalue weighted by Crippen LogP contribution is -1.59. The molecule has 87 valence electrons. The van der Waals surface area contributed by atoms with Crippen molar-refractivity contribution in [2.45, 2.75) is 32.6 Å². The van der Waals surface area contributed by atoms with Crippen molar-refractivity contribution < 1.29 is 0 Å². The molecule has 0 aromatic rings. The molecule has 0 fully saturated rings. The fraction of sp³-hybridized carbons (Fsp3) is 0.312. The van der Waals surface area contributed by atoms with Gasteiger partial charge in [0.05, 0.1) is 0 Å². The third-order valence-electron chi connectivity index (χ3n) is 1.88. The van der Waals surface area contributed by atoms with Crippen LogP contribution in [-0.4, -0.2) is 0 Å². The minimum atomic E-state index is 0.854. The highest BCUT2D eigenvalue weighted by Crippen LogP contribution is 1.91. The van der Waals surface area contributed by atoms with E-state index in [1.807, 2.05) is 12.2 Å². The highest BCUT2D eigenvalue weighted by atomic mass is 13.8. The van der Waals surface area contributed by atoms with Gasteiger partial charge in [-0.3, -0.25) is 0 Å². The zero-order chi connectivity index (χ0) is 11.9. The molecule has 1 radical (unpaired) electrons. The van der Waals surface area contributed by atoms with Gasteiger partial charge < -0.3 is 0 Å². The zero-order valence-corrected chi connectivity index (χ0v) is 10.3. The second-order valence-corrected chi connectivity index (χ2v) is 3.41. The third-order valence-corrected chi connectivity index (χ3v) is 1.88. The van der Waals surface area contributed by atoms with Crippen LogP contribution in [0.25, 0.3) is 0 Å². The molecule has 0 spiro atoms. The quantitative estimate of drug-likeness (QED) is 0.489. The first-order chi connectivity index (χ1) is 7.91. The van der Waals surface area contributed by atoms with Crippen molar-refractivity contribution >= 4 is 0 Å². The number of unbranched alkanes of at least 4 members (excludes halogenated alkanes) is 1. The Morgan fingerprint density at radius 1 is 0.750 bits per heavy atom. The van der Waals surface area contributed by atoms with Gasteiger partial charge in [-0.25, -0.2) is 0 Å². The Morgan fingerprint density at radius 2 is 1.31 bits per heavy atom. The predicted molar refractivity (Wildman–Crippen MR) is 75.2 cm³/mol. The third kappa shape index (κ3) is 12.7. The molecule has 16 heavy (non-hydrogen) atoms. The first-order valence-electron chi connectivity index (χ1n) is 6.01. The van der Waals surface area contributed by atoms with Crippen LogP contribution in [0.1, 0.15) is 32.6 Å². The molecule has 0 saturated heterocycles. The summed E-state index contributed by atoms with van der Waals surface area (Å²) in [6, 6.07) is 0. The summed E-state index contributed by atoms with van der Waals surface area (Å²) in [5.41, 5.74) is 0. The Morgan fingerprint density at radius 3 is 1.94 bits per heavy atom. The maximum atomic E-state index is 3.72. The molecule has 0 aliphatic rings. The Labute approximate surface area is 101 Å². The van der Waals surface area contributed by atoms with E-state index < -0.39 is 0 Å². The molecule has 0 heterocycles. The van der Waals surface area contributed by atoms with Crippen molar-refractivity contribution in [3.05, 3.63) is 67.7 Å². The van der Waals surface area contributed by atoms with E-state index in [1.165, 1.54) is 6.42 Å². The lowest BCUT2D eigenvalue weighted by molar-refractivity contribution is 0.959. The van der Waals surface area contributed by atoms with Crippen LogP contribution in [0.15, 0.2) is 60.8 Å². The van der Waals surface area contributed by atoms with E-state index in [0.29, 0.717) is 0 Å². The number of rotatable bonds is 8. The number of allylic oxidation sites excluding steroid dienone is 10. The lowest BCUT2D eigenvalue weighted by atomic mass is 10.3. The van der Waals surface area contributed by atoms with Crippen molar-refractivity contribution in [1.82, 2.24) is 0 Å². The molecule has 0 nitrogen and oxygen atoms in total. The summed E-state index contributed by atoms with van der Waals surface area (Å²) < 4.78 is 0. The fourth-order valence-corrected chi connectivity index (χ4v) is 1.04. The van der Waals surface area contributed by atoms with Gasteiger partial charge in [-0.05, 0) is 26.2 Å². The average molecular weight is 215 g/mol. The van der Waals surface area contributed by atoms with Crippen LogP contribution in [0.3, 0.4) is 0 Å². The van der Waals surface area contributed by atoms with Crippen molar-refractivity contribution in [1.29, 1.82) is 0 Å². The summed E-state index contributed by atoms with van der Waals surface area (Å²) in [5, 5.41) is 0. The molecule has 0 amide bonds. The van der Waals surface area contributed by atoms with Gasteiger partial charge in [-0.15, -0.1) is 0 Å². The van der Waals surface area contributed by atoms with Crippen molar-refractivity contribution in [2.75, 3.05) is 0 Å². The maximum absolute atomic E-state index is 3.72. The maximum Gasteiger partial charge on any atom is -0.0163 e. The van der Waals surface area contributed by atoms with Crippen LogP contribution < -0.4 is 0 Å². The van der Waals surface area contributed by atoms with Crippen LogP contribution in [0.5, 0.6) is 0 Å². The zero-order valence-electron chi connectivity index (χ0n) is 10.3. The number of hydrogen-bond donors (Lipinski definition) is 0. The molecule has 0 aliphatic carbocycles. The Bertz CT molecular complexity index is 262. The molecule has 0 bridgehead atoms. The second-order valence-electron chi connectivity index (χ2n) is 3.41. The summed E-state index contributed by atoms with van der Waals surface area (Å²) in [6.45, 7) is 5.91. The monoisotopic (exact) mass is 215 g/mol. The average Bonchev–Trinajstić information content (AvgIpc) is 2.31. The van der Waals surface area contributed by atoms with Crippen molar-refractivity contribution in [2.24, 2.45) is 0 Å². The normalized spacial score (nSPS) is 13.4. The van der Waals surface area contributed by atoms with Crippen LogP contribution in [-0.2, 0) is 0 Å². The van der Waals surface area contributed by atoms with Gasteiger partial charge in [0.15, 0.2) is 0 Å². The molecule has 0 aromatic heterocycles. The standard InChI is InChI=1S/C16H23/c1-3-5-7-9-11-13-15-16-14-12-10-8-6-4-2/h5,7-12,14-16H,1,3-4,6,13H2,2H3/b7-5+,10-8+,11-9+,14-12+,16-15+. The Kier molecular flexibility index (Phi) is 12.6. The first-order valence-corrected chi connectivity index (χ1v) is 6.01. The van der Waals surface area contributed by atoms with Crippen LogP contribution in [0.2, 0.25) is 0 Å². The van der Waals surface area contributed by atoms with Crippen molar-refractivity contribution in [3.8, 4) is 0 Å². The molecule has 0 saturated carbocycles. The van der Waals surface area contributed by atoms with Gasteiger partial charge >= 0.3 is 0 Å². The summed E-state index contributed by atoms with van der Waals surface area (Å²) >= 11 is 0. The molecule has 0 heteroatoms. The summed E-state index contributed by atoms with van der Waals surface area (Å²) in [5.74, 6) is 0. The molecule has 0 N–H and O–H groups in total. The first kappa shape index (κ1) is 14.7. The van der Waals surface area contributed by atoms with Crippen LogP contribution in [0.4, 0.5) is 0 Å². The Balaban J connectivity index is 3.54. The van der Waals surface area contributed by atoms with E-state index in [0.717, 1.165) is 19.3 Å². The molecule has 0 aliphatic heterocycles. The molecule has 0 unspecified atom stereocenters. The number of hydrogen-bond acceptors (Lipinski definition) is 0. The van der Waals surface area contributed by atoms with E-state index in [-0.39, 0.29) is 0 Å². The second kappa shape index (κ2) is 13.7. The highest BCUT2D eigenvalue weighted by Gasteiger charge is 1.70. The predicted octanol–water partition coefficient (Wildman–Crippen LogP) is 5.18. The van der Waals surface area contributed by atoms with Gasteiger partial charge in [-0.1, -0.05) is 74.1 Å². The minimum Gasteiger partial charge on any atom is -0.0845 e. The lowest BCUT2D eigenvalue weighted by Gasteiger charge is -1.81. The smallest absolute Gasteiger partial charge is 0.0163 e. The van der Waals surface area contributed by atoms with Gasteiger partial charge in [0, 0.05) is 0 Å². The van der Waals surface area contributed by atoms with Crippen LogP contribution in [0, 0.1) is 6.92 Å². The molecular formula is C16H23. The van der Waals surface area contributed by atoms with E-state index in [2.05, 4.69) is 62.5 Å². The molecular weight excluding hydrogens is 192 g/mol. The summed E-state index contributed by atoms with van der Waals surface area (Å²) in [6.07, 6.45) is 25.1. The highest BCUT2D eigenvalue weighted by molar-refractivity contribution is 5.12. The van der Waals surface area contributed by atoms with Gasteiger partial charge in [0.2, 0.25) is 0 Å². The fourth-order valence-electron chi connectivity index (χ4n) is 1.04. The van der Waals surface area contributed by atoms with E-state index in [9.17, 15) is 0 Å². The summed E-state index contributed by atoms with van der Waals surface area (Å²) in [4.78, 5) is 0. The SMILES string of the molecule is [CH2]C/C=C/C=C/C/C=C/C=C/C=C/CCC. The van der Waals surface area contributed by atoms with Crippen molar-refractivity contribution in [3.63, 3.8) is 0 Å². The van der Waals surface area contributed by atoms with Gasteiger partial charge in [0.1, 0.15) is 0 Å². The van der Waals surface area contributed by atoms with E-state index in [1.54, 1.807) is 0 Å². The van der Waals surface area contributed by atoms with E-state index in [4.69, 9.17) is 0 Å².